The molecule has 4 amide bonds. The van der Waals surface area contributed by atoms with Crippen molar-refractivity contribution in [2.75, 3.05) is 24.6 Å². The first-order chi connectivity index (χ1) is 20.4. The van der Waals surface area contributed by atoms with E-state index in [1.54, 1.807) is 0 Å². The van der Waals surface area contributed by atoms with Gasteiger partial charge in [-0.2, -0.15) is 30.3 Å². The zero-order valence-electron chi connectivity index (χ0n) is 22.7. The van der Waals surface area contributed by atoms with Crippen molar-refractivity contribution < 1.29 is 63.6 Å². The molecule has 0 saturated heterocycles. The number of nitrogens with one attached hydrogen (secondary N) is 2. The molecule has 0 aromatic heterocycles. The fourth-order valence-corrected chi connectivity index (χ4v) is 4.37. The Kier molecular flexibility index (Phi) is 19.0. The number of thiocarbonyl (C=S) groups is 1. The first-order valence-electron chi connectivity index (χ1n) is 12.2. The summed E-state index contributed by atoms with van der Waals surface area (Å²) in [4.78, 5) is 99.9. The SMILES string of the molecule is NC(CCC(=O)NC(CS)C(=O)N(CC(=O)O)OC(=S)SN(CC(=O)O)C(=O)C(CS)NC(=O)CCC(N)C(=O)O)C(=O)O. The van der Waals surface area contributed by atoms with Gasteiger partial charge in [-0.05, 0) is 25.1 Å². The fraction of sp³-hybridized carbons (Fsp3) is 0.571. The molecule has 0 bridgehead atoms. The van der Waals surface area contributed by atoms with E-state index in [0.29, 0.717) is 4.31 Å². The number of rotatable bonds is 18. The highest BCUT2D eigenvalue weighted by Gasteiger charge is 2.32. The number of amides is 4. The quantitative estimate of drug-likeness (QED) is 0.0292. The predicted molar refractivity (Wildman–Crippen MR) is 161 cm³/mol. The molecule has 23 heteroatoms. The second-order valence-electron chi connectivity index (χ2n) is 8.54. The van der Waals surface area contributed by atoms with Crippen LogP contribution in [0.2, 0.25) is 0 Å². The van der Waals surface area contributed by atoms with Crippen molar-refractivity contribution >= 4 is 101 Å². The Morgan fingerprint density at radius 3 is 1.52 bits per heavy atom. The van der Waals surface area contributed by atoms with Gasteiger partial charge in [-0.25, -0.2) is 0 Å². The van der Waals surface area contributed by atoms with E-state index < -0.39 is 95.6 Å². The maximum atomic E-state index is 13.0. The third kappa shape index (κ3) is 15.9. The van der Waals surface area contributed by atoms with Gasteiger partial charge in [0.2, 0.25) is 11.8 Å². The molecule has 0 fully saturated rings. The minimum Gasteiger partial charge on any atom is -0.480 e. The third-order valence-electron chi connectivity index (χ3n) is 5.05. The molecule has 0 saturated carbocycles. The lowest BCUT2D eigenvalue weighted by Crippen LogP contribution is -2.52. The van der Waals surface area contributed by atoms with Gasteiger partial charge >= 0.3 is 23.9 Å². The molecule has 44 heavy (non-hydrogen) atoms. The van der Waals surface area contributed by atoms with Gasteiger partial charge in [0.1, 0.15) is 30.7 Å². The monoisotopic (exact) mass is 704 g/mol. The van der Waals surface area contributed by atoms with Crippen LogP contribution >= 0.6 is 49.4 Å². The zero-order chi connectivity index (χ0) is 34.1. The van der Waals surface area contributed by atoms with E-state index in [1.807, 2.05) is 0 Å². The maximum Gasteiger partial charge on any atom is 0.326 e. The number of thiol groups is 2. The van der Waals surface area contributed by atoms with Gasteiger partial charge in [-0.3, -0.25) is 42.7 Å². The van der Waals surface area contributed by atoms with E-state index in [0.717, 1.165) is 0 Å². The number of hydroxylamine groups is 2. The molecule has 0 aliphatic rings. The van der Waals surface area contributed by atoms with E-state index in [1.165, 1.54) is 0 Å². The molecule has 4 unspecified atom stereocenters. The van der Waals surface area contributed by atoms with Crippen LogP contribution < -0.4 is 22.1 Å². The number of carboxylic acids is 4. The van der Waals surface area contributed by atoms with Crippen molar-refractivity contribution in [2.24, 2.45) is 11.5 Å². The molecule has 0 rings (SSSR count). The number of hydrogen-bond acceptors (Lipinski definition) is 15. The Labute approximate surface area is 270 Å². The van der Waals surface area contributed by atoms with Gasteiger partial charge in [-0.1, -0.05) is 0 Å². The summed E-state index contributed by atoms with van der Waals surface area (Å²) < 4.78 is -0.218. The Morgan fingerprint density at radius 2 is 1.16 bits per heavy atom. The molecule has 0 aliphatic heterocycles. The number of aliphatic carboxylic acids is 4. The lowest BCUT2D eigenvalue weighted by molar-refractivity contribution is -0.169. The summed E-state index contributed by atoms with van der Waals surface area (Å²) in [6, 6.07) is -5.62. The highest BCUT2D eigenvalue weighted by molar-refractivity contribution is 8.21. The summed E-state index contributed by atoms with van der Waals surface area (Å²) in [6.45, 7) is -2.15. The topological polar surface area (TPSA) is 309 Å². The Balaban J connectivity index is 5.64. The standard InChI is InChI=1S/C21H32N6O13S4/c22-9(19(36)37)1-3-13(28)24-11(7-41)17(34)26(5-15(30)31)40-21(43)44-27(6-16(32)33)18(35)12(8-42)25-14(29)4-2-10(23)20(38)39/h9-12,41-42H,1-8,22-23H2,(H,24,28)(H,25,29)(H,30,31)(H,32,33)(H,36,37)(H,38,39). The summed E-state index contributed by atoms with van der Waals surface area (Å²) >= 11 is 13.0. The lowest BCUT2D eigenvalue weighted by atomic mass is 10.1. The minimum atomic E-state index is -1.60. The van der Waals surface area contributed by atoms with E-state index in [2.05, 4.69) is 35.9 Å². The third-order valence-corrected chi connectivity index (χ3v) is 6.83. The first kappa shape index (κ1) is 40.6. The van der Waals surface area contributed by atoms with Crippen molar-refractivity contribution in [3.05, 3.63) is 0 Å². The van der Waals surface area contributed by atoms with Crippen LogP contribution in [0.15, 0.2) is 0 Å². The first-order valence-corrected chi connectivity index (χ1v) is 14.6. The van der Waals surface area contributed by atoms with Crippen molar-refractivity contribution in [1.29, 1.82) is 0 Å². The van der Waals surface area contributed by atoms with Crippen LogP contribution in [0.4, 0.5) is 0 Å². The average Bonchev–Trinajstić information content (AvgIpc) is 2.93. The molecule has 0 spiro atoms. The molecule has 0 aromatic rings. The van der Waals surface area contributed by atoms with Gasteiger partial charge in [-0.15, -0.1) is 0 Å². The van der Waals surface area contributed by atoms with Gasteiger partial charge in [0.05, 0.1) is 0 Å². The van der Waals surface area contributed by atoms with E-state index >= 15 is 0 Å². The second-order valence-corrected chi connectivity index (χ2v) is 10.9. The van der Waals surface area contributed by atoms with Crippen molar-refractivity contribution in [2.45, 2.75) is 49.9 Å². The van der Waals surface area contributed by atoms with Gasteiger partial charge in [0.25, 0.3) is 16.2 Å². The number of hydrogen-bond donors (Lipinski definition) is 10. The Morgan fingerprint density at radius 1 is 0.750 bits per heavy atom. The summed E-state index contributed by atoms with van der Waals surface area (Å²) in [5.41, 5.74) is 10.7. The van der Waals surface area contributed by atoms with E-state index in [9.17, 15) is 48.6 Å². The summed E-state index contributed by atoms with van der Waals surface area (Å²) in [5.74, 6) is -10.4. The van der Waals surface area contributed by atoms with Gasteiger partial charge in [0.15, 0.2) is 6.54 Å². The smallest absolute Gasteiger partial charge is 0.326 e. The van der Waals surface area contributed by atoms with Crippen LogP contribution in [-0.2, 0) is 43.2 Å². The van der Waals surface area contributed by atoms with E-state index in [-0.39, 0.29) is 47.8 Å². The number of nitrogens with zero attached hydrogens (tertiary/aromatic N) is 2. The molecule has 0 aliphatic carbocycles. The number of carbonyl (C=O) groups excluding carboxylic acids is 4. The van der Waals surface area contributed by atoms with Crippen molar-refractivity contribution in [1.82, 2.24) is 20.0 Å². The second kappa shape index (κ2) is 20.6. The summed E-state index contributed by atoms with van der Waals surface area (Å²) in [5, 5.41) is 40.8. The van der Waals surface area contributed by atoms with Crippen LogP contribution in [0.25, 0.3) is 0 Å². The molecule has 19 nitrogen and oxygen atoms in total. The van der Waals surface area contributed by atoms with Crippen LogP contribution in [-0.4, -0.2) is 130 Å². The molecule has 0 heterocycles. The van der Waals surface area contributed by atoms with Crippen LogP contribution in [0.1, 0.15) is 25.7 Å². The maximum absolute atomic E-state index is 13.0. The molecule has 0 aromatic carbocycles. The highest BCUT2D eigenvalue weighted by atomic mass is 32.2. The fourth-order valence-electron chi connectivity index (χ4n) is 2.82. The molecular weight excluding hydrogens is 673 g/mol. The largest absolute Gasteiger partial charge is 0.480 e. The summed E-state index contributed by atoms with van der Waals surface area (Å²) in [7, 11) is 0. The number of nitrogens with two attached hydrogens (primary N) is 2. The highest BCUT2D eigenvalue weighted by Crippen LogP contribution is 2.18. The number of carbonyl (C=O) groups is 8. The van der Waals surface area contributed by atoms with Crippen LogP contribution in [0, 0.1) is 0 Å². The molecule has 0 radical (unpaired) electrons. The molecule has 4 atom stereocenters. The normalized spacial score (nSPS) is 13.3. The van der Waals surface area contributed by atoms with Gasteiger partial charge < -0.3 is 47.4 Å². The Hall–Kier alpha value is -3.38. The van der Waals surface area contributed by atoms with Crippen LogP contribution in [0.3, 0.4) is 0 Å². The van der Waals surface area contributed by atoms with Crippen LogP contribution in [0.5, 0.6) is 0 Å². The lowest BCUT2D eigenvalue weighted by Gasteiger charge is -2.28. The molecular formula is C21H32N6O13S4. The minimum absolute atomic E-state index is 0.161. The predicted octanol–water partition coefficient (Wildman–Crippen LogP) is -3.11. The van der Waals surface area contributed by atoms with Crippen molar-refractivity contribution in [3.63, 3.8) is 0 Å². The average molecular weight is 705 g/mol. The van der Waals surface area contributed by atoms with E-state index in [4.69, 9.17) is 38.7 Å². The van der Waals surface area contributed by atoms with Gasteiger partial charge in [0, 0.05) is 36.3 Å². The summed E-state index contributed by atoms with van der Waals surface area (Å²) in [6.07, 6.45) is -1.33. The molecule has 248 valence electrons. The zero-order valence-corrected chi connectivity index (χ0v) is 26.1. The molecule has 10 N–H and O–H groups in total. The number of carboxylic acid groups (broad SMARTS) is 4. The Bertz CT molecular complexity index is 1030. The van der Waals surface area contributed by atoms with Crippen molar-refractivity contribution in [3.8, 4) is 0 Å².